The molecule has 1 rings (SSSR count). The molecule has 0 radical (unpaired) electrons. The smallest absolute Gasteiger partial charge is 0.206 e. The van der Waals surface area contributed by atoms with Crippen molar-refractivity contribution in [1.29, 1.82) is 0 Å². The van der Waals surface area contributed by atoms with Gasteiger partial charge in [-0.05, 0) is 36.7 Å². The molecule has 0 bridgehead atoms. The van der Waals surface area contributed by atoms with Crippen molar-refractivity contribution in [2.45, 2.75) is 32.4 Å². The molecule has 0 saturated carbocycles. The molecule has 0 spiro atoms. The third-order valence-corrected chi connectivity index (χ3v) is 3.15. The highest BCUT2D eigenvalue weighted by Gasteiger charge is 2.24. The topological polar surface area (TPSA) is 58.0 Å². The highest BCUT2D eigenvalue weighted by Crippen LogP contribution is 2.24. The van der Waals surface area contributed by atoms with Gasteiger partial charge >= 0.3 is 0 Å². The van der Waals surface area contributed by atoms with E-state index in [1.54, 1.807) is 6.92 Å². The molecule has 74 valence electrons. The van der Waals surface area contributed by atoms with Gasteiger partial charge in [-0.3, -0.25) is 0 Å². The first kappa shape index (κ1) is 10.9. The van der Waals surface area contributed by atoms with E-state index < -0.39 is 6.10 Å². The summed E-state index contributed by atoms with van der Waals surface area (Å²) >= 11 is 4.62. The molecule has 1 atom stereocenters. The summed E-state index contributed by atoms with van der Waals surface area (Å²) in [5.74, 6) is 0. The van der Waals surface area contributed by atoms with Crippen LogP contribution in [0.15, 0.2) is 3.92 Å². The lowest BCUT2D eigenvalue weighted by molar-refractivity contribution is 0.133. The van der Waals surface area contributed by atoms with E-state index in [9.17, 15) is 5.11 Å². The zero-order chi connectivity index (χ0) is 10.1. The minimum atomic E-state index is -0.449. The second-order valence-electron chi connectivity index (χ2n) is 3.38. The molecule has 1 heterocycles. The van der Waals surface area contributed by atoms with Gasteiger partial charge in [0, 0.05) is 0 Å². The average Bonchev–Trinajstić information content (AvgIpc) is 2.34. The Kier molecular flexibility index (Phi) is 3.26. The molecule has 0 aliphatic rings. The Labute approximate surface area is 89.5 Å². The number of aliphatic hydroxyl groups excluding tert-OH is 1. The van der Waals surface area contributed by atoms with Crippen LogP contribution in [0.5, 0.6) is 0 Å². The lowest BCUT2D eigenvalue weighted by Crippen LogP contribution is -2.41. The van der Waals surface area contributed by atoms with Crippen LogP contribution >= 0.6 is 27.3 Å². The molecule has 0 aliphatic heterocycles. The molecular formula is C7H12BrN3OS. The fourth-order valence-corrected chi connectivity index (χ4v) is 1.81. The summed E-state index contributed by atoms with van der Waals surface area (Å²) in [5, 5.41) is 20.9. The third kappa shape index (κ3) is 2.89. The van der Waals surface area contributed by atoms with Crippen LogP contribution in [0.4, 0.5) is 5.13 Å². The number of anilines is 1. The highest BCUT2D eigenvalue weighted by atomic mass is 79.9. The molecule has 1 aromatic heterocycles. The quantitative estimate of drug-likeness (QED) is 0.876. The van der Waals surface area contributed by atoms with Crippen molar-refractivity contribution in [3.05, 3.63) is 3.92 Å². The van der Waals surface area contributed by atoms with Gasteiger partial charge in [0.05, 0.1) is 11.6 Å². The number of hydrogen-bond donors (Lipinski definition) is 2. The average molecular weight is 266 g/mol. The summed E-state index contributed by atoms with van der Waals surface area (Å²) in [6.07, 6.45) is -0.449. The van der Waals surface area contributed by atoms with Crippen LogP contribution in [-0.4, -0.2) is 26.9 Å². The summed E-state index contributed by atoms with van der Waals surface area (Å²) < 4.78 is 0.733. The summed E-state index contributed by atoms with van der Waals surface area (Å²) in [4.78, 5) is 0. The van der Waals surface area contributed by atoms with Gasteiger partial charge in [0.15, 0.2) is 3.92 Å². The first-order valence-electron chi connectivity index (χ1n) is 3.87. The summed E-state index contributed by atoms with van der Waals surface area (Å²) in [5.41, 5.74) is -0.390. The van der Waals surface area contributed by atoms with Crippen molar-refractivity contribution >= 4 is 32.4 Å². The number of rotatable bonds is 3. The van der Waals surface area contributed by atoms with Gasteiger partial charge in [0.1, 0.15) is 0 Å². The fourth-order valence-electron chi connectivity index (χ4n) is 0.636. The Morgan fingerprint density at radius 3 is 2.54 bits per heavy atom. The molecule has 6 heteroatoms. The van der Waals surface area contributed by atoms with Gasteiger partial charge in [-0.2, -0.15) is 0 Å². The lowest BCUT2D eigenvalue weighted by atomic mass is 9.99. The highest BCUT2D eigenvalue weighted by molar-refractivity contribution is 9.11. The molecule has 0 amide bonds. The Balaban J connectivity index is 2.68. The van der Waals surface area contributed by atoms with E-state index in [4.69, 9.17) is 0 Å². The van der Waals surface area contributed by atoms with Crippen molar-refractivity contribution < 1.29 is 5.11 Å². The van der Waals surface area contributed by atoms with E-state index in [2.05, 4.69) is 31.4 Å². The fraction of sp³-hybridized carbons (Fsp3) is 0.714. The molecule has 1 aromatic rings. The predicted molar refractivity (Wildman–Crippen MR) is 57.0 cm³/mol. The van der Waals surface area contributed by atoms with Crippen molar-refractivity contribution in [2.24, 2.45) is 0 Å². The van der Waals surface area contributed by atoms with Gasteiger partial charge in [-0.1, -0.05) is 11.3 Å². The minimum Gasteiger partial charge on any atom is -0.391 e. The predicted octanol–water partition coefficient (Wildman–Crippen LogP) is 1.87. The molecule has 4 nitrogen and oxygen atoms in total. The Bertz CT molecular complexity index is 287. The second kappa shape index (κ2) is 3.89. The molecule has 0 aromatic carbocycles. The molecule has 13 heavy (non-hydrogen) atoms. The van der Waals surface area contributed by atoms with Crippen LogP contribution in [0.25, 0.3) is 0 Å². The number of halogens is 1. The molecule has 2 N–H and O–H groups in total. The van der Waals surface area contributed by atoms with Crippen LogP contribution in [-0.2, 0) is 0 Å². The molecule has 0 saturated heterocycles. The van der Waals surface area contributed by atoms with Crippen LogP contribution in [0.1, 0.15) is 20.8 Å². The zero-order valence-electron chi connectivity index (χ0n) is 7.71. The van der Waals surface area contributed by atoms with Crippen LogP contribution in [0.3, 0.4) is 0 Å². The summed E-state index contributed by atoms with van der Waals surface area (Å²) in [6.45, 7) is 5.56. The normalized spacial score (nSPS) is 14.2. The van der Waals surface area contributed by atoms with E-state index in [1.165, 1.54) is 11.3 Å². The molecular weight excluding hydrogens is 254 g/mol. The van der Waals surface area contributed by atoms with Crippen molar-refractivity contribution in [2.75, 3.05) is 5.32 Å². The second-order valence-corrected chi connectivity index (χ2v) is 5.64. The maximum atomic E-state index is 9.43. The van der Waals surface area contributed by atoms with Gasteiger partial charge in [0.2, 0.25) is 5.13 Å². The van der Waals surface area contributed by atoms with Crippen LogP contribution in [0.2, 0.25) is 0 Å². The zero-order valence-corrected chi connectivity index (χ0v) is 10.1. The Morgan fingerprint density at radius 2 is 2.15 bits per heavy atom. The van der Waals surface area contributed by atoms with Crippen LogP contribution < -0.4 is 5.32 Å². The number of nitrogens with one attached hydrogen (secondary N) is 1. The van der Waals surface area contributed by atoms with Crippen molar-refractivity contribution in [3.63, 3.8) is 0 Å². The largest absolute Gasteiger partial charge is 0.391 e. The number of aromatic nitrogens is 2. The SMILES string of the molecule is CC(O)C(C)(C)Nc1nnc(Br)s1. The number of nitrogens with zero attached hydrogens (tertiary/aromatic N) is 2. The van der Waals surface area contributed by atoms with Gasteiger partial charge in [0.25, 0.3) is 0 Å². The standard InChI is InChI=1S/C7H12BrN3OS/c1-4(12)7(2,3)9-6-11-10-5(8)13-6/h4,12H,1-3H3,(H,9,11). The van der Waals surface area contributed by atoms with Crippen molar-refractivity contribution in [1.82, 2.24) is 10.2 Å². The van der Waals surface area contributed by atoms with E-state index in [1.807, 2.05) is 13.8 Å². The van der Waals surface area contributed by atoms with E-state index in [0.717, 1.165) is 3.92 Å². The van der Waals surface area contributed by atoms with E-state index >= 15 is 0 Å². The summed E-state index contributed by atoms with van der Waals surface area (Å²) in [6, 6.07) is 0. The monoisotopic (exact) mass is 265 g/mol. The number of hydrogen-bond acceptors (Lipinski definition) is 5. The molecule has 0 aliphatic carbocycles. The van der Waals surface area contributed by atoms with Crippen molar-refractivity contribution in [3.8, 4) is 0 Å². The van der Waals surface area contributed by atoms with Crippen LogP contribution in [0, 0.1) is 0 Å². The van der Waals surface area contributed by atoms with Gasteiger partial charge < -0.3 is 10.4 Å². The minimum absolute atomic E-state index is 0.390. The maximum Gasteiger partial charge on any atom is 0.206 e. The first-order valence-corrected chi connectivity index (χ1v) is 5.48. The van der Waals surface area contributed by atoms with Gasteiger partial charge in [-0.15, -0.1) is 10.2 Å². The Morgan fingerprint density at radius 1 is 1.54 bits per heavy atom. The first-order chi connectivity index (χ1) is 5.92. The van der Waals surface area contributed by atoms with E-state index in [-0.39, 0.29) is 5.54 Å². The third-order valence-electron chi connectivity index (χ3n) is 1.87. The molecule has 1 unspecified atom stereocenters. The lowest BCUT2D eigenvalue weighted by Gasteiger charge is -2.28. The van der Waals surface area contributed by atoms with Gasteiger partial charge in [-0.25, -0.2) is 0 Å². The van der Waals surface area contributed by atoms with E-state index in [0.29, 0.717) is 5.13 Å². The molecule has 0 fully saturated rings. The Hall–Kier alpha value is -0.200. The summed E-state index contributed by atoms with van der Waals surface area (Å²) in [7, 11) is 0. The maximum absolute atomic E-state index is 9.43. The number of aliphatic hydroxyl groups is 1.